The normalized spacial score (nSPS) is 9.90. The van der Waals surface area contributed by atoms with Crippen LogP contribution in [-0.4, -0.2) is 23.0 Å². The summed E-state index contributed by atoms with van der Waals surface area (Å²) in [4.78, 5) is 19.0. The molecule has 0 saturated carbocycles. The number of hydrogen-bond acceptors (Lipinski definition) is 5. The van der Waals surface area contributed by atoms with Gasteiger partial charge in [-0.05, 0) is 5.56 Å². The molecule has 0 radical (unpaired) electrons. The molecule has 0 aliphatic rings. The molecule has 1 heterocycles. The van der Waals surface area contributed by atoms with E-state index in [1.54, 1.807) is 0 Å². The molecule has 2 N–H and O–H groups in total. The van der Waals surface area contributed by atoms with Crippen molar-refractivity contribution in [1.29, 1.82) is 0 Å². The van der Waals surface area contributed by atoms with Gasteiger partial charge in [-0.2, -0.15) is 4.98 Å². The van der Waals surface area contributed by atoms with Crippen LogP contribution in [0.1, 0.15) is 5.56 Å². The summed E-state index contributed by atoms with van der Waals surface area (Å²) < 4.78 is 18.2. The molecule has 1 aromatic carbocycles. The summed E-state index contributed by atoms with van der Waals surface area (Å²) in [7, 11) is 1.37. The summed E-state index contributed by atoms with van der Waals surface area (Å²) in [6.45, 7) is 0. The zero-order chi connectivity index (χ0) is 14.4. The van der Waals surface area contributed by atoms with E-state index in [0.29, 0.717) is 0 Å². The van der Waals surface area contributed by atoms with Gasteiger partial charge in [-0.15, -0.1) is 0 Å². The molecule has 20 heavy (non-hydrogen) atoms. The van der Waals surface area contributed by atoms with Crippen LogP contribution in [0.3, 0.4) is 0 Å². The molecular formula is C13H13FN4O2. The van der Waals surface area contributed by atoms with E-state index in [-0.39, 0.29) is 24.2 Å². The first-order valence-corrected chi connectivity index (χ1v) is 5.84. The predicted molar refractivity (Wildman–Crippen MR) is 70.5 cm³/mol. The number of halogens is 1. The molecule has 0 atom stereocenters. The van der Waals surface area contributed by atoms with Gasteiger partial charge in [0.2, 0.25) is 5.91 Å². The Bertz CT molecular complexity index is 592. The fourth-order valence-corrected chi connectivity index (χ4v) is 1.49. The molecule has 0 aliphatic heterocycles. The minimum Gasteiger partial charge on any atom is -0.467 e. The average Bonchev–Trinajstić information content (AvgIpc) is 2.47. The van der Waals surface area contributed by atoms with Crippen molar-refractivity contribution in [3.8, 4) is 6.01 Å². The summed E-state index contributed by atoms with van der Waals surface area (Å²) >= 11 is 0. The van der Waals surface area contributed by atoms with Crippen LogP contribution in [0.5, 0.6) is 6.01 Å². The largest absolute Gasteiger partial charge is 0.467 e. The molecule has 0 unspecified atom stereocenters. The molecule has 1 amide bonds. The number of benzene rings is 1. The van der Waals surface area contributed by atoms with Gasteiger partial charge >= 0.3 is 6.01 Å². The molecule has 0 bridgehead atoms. The Hall–Kier alpha value is -2.70. The SMILES string of the molecule is COc1ncc(F)c(NNC(=O)Cc2ccccc2)n1. The molecule has 7 heteroatoms. The van der Waals surface area contributed by atoms with Crippen LogP contribution in [0.25, 0.3) is 0 Å². The number of nitrogens with one attached hydrogen (secondary N) is 2. The van der Waals surface area contributed by atoms with Crippen LogP contribution in [0, 0.1) is 5.82 Å². The van der Waals surface area contributed by atoms with Gasteiger partial charge in [-0.3, -0.25) is 15.6 Å². The highest BCUT2D eigenvalue weighted by atomic mass is 19.1. The number of hydrazine groups is 1. The minimum atomic E-state index is -0.689. The third kappa shape index (κ3) is 3.64. The summed E-state index contributed by atoms with van der Waals surface area (Å²) in [5.74, 6) is -1.16. The topological polar surface area (TPSA) is 76.1 Å². The maximum absolute atomic E-state index is 13.4. The molecular weight excluding hydrogens is 263 g/mol. The monoisotopic (exact) mass is 276 g/mol. The first-order chi connectivity index (χ1) is 9.69. The Labute approximate surface area is 115 Å². The fraction of sp³-hybridized carbons (Fsp3) is 0.154. The molecule has 2 rings (SSSR count). The van der Waals surface area contributed by atoms with Gasteiger partial charge in [0, 0.05) is 0 Å². The number of rotatable bonds is 5. The first-order valence-electron chi connectivity index (χ1n) is 5.84. The second-order valence-corrected chi connectivity index (χ2v) is 3.89. The standard InChI is InChI=1S/C13H13FN4O2/c1-20-13-15-8-10(14)12(16-13)18-17-11(19)7-9-5-3-2-4-6-9/h2-6,8H,7H2,1H3,(H,17,19)(H,15,16,18). The average molecular weight is 276 g/mol. The van der Waals surface area contributed by atoms with E-state index in [1.165, 1.54) is 7.11 Å². The molecule has 0 saturated heterocycles. The number of nitrogens with zero attached hydrogens (tertiary/aromatic N) is 2. The van der Waals surface area contributed by atoms with Crippen LogP contribution in [0.4, 0.5) is 10.2 Å². The predicted octanol–water partition coefficient (Wildman–Crippen LogP) is 1.31. The van der Waals surface area contributed by atoms with Crippen LogP contribution in [0.15, 0.2) is 36.5 Å². The number of aromatic nitrogens is 2. The molecule has 0 spiro atoms. The fourth-order valence-electron chi connectivity index (χ4n) is 1.49. The van der Waals surface area contributed by atoms with Gasteiger partial charge < -0.3 is 4.74 Å². The number of hydrogen-bond donors (Lipinski definition) is 2. The molecule has 1 aromatic heterocycles. The van der Waals surface area contributed by atoms with E-state index in [0.717, 1.165) is 11.8 Å². The van der Waals surface area contributed by atoms with E-state index in [9.17, 15) is 9.18 Å². The van der Waals surface area contributed by atoms with Crippen molar-refractivity contribution in [3.63, 3.8) is 0 Å². The molecule has 104 valence electrons. The highest BCUT2D eigenvalue weighted by Gasteiger charge is 2.08. The summed E-state index contributed by atoms with van der Waals surface area (Å²) in [6, 6.07) is 9.20. The third-order valence-corrected chi connectivity index (χ3v) is 2.43. The van der Waals surface area contributed by atoms with Crippen LogP contribution in [-0.2, 0) is 11.2 Å². The van der Waals surface area contributed by atoms with Gasteiger partial charge in [0.05, 0.1) is 19.7 Å². The quantitative estimate of drug-likeness (QED) is 0.805. The Morgan fingerprint density at radius 1 is 1.35 bits per heavy atom. The van der Waals surface area contributed by atoms with E-state index < -0.39 is 5.82 Å². The van der Waals surface area contributed by atoms with Crippen LogP contribution in [0.2, 0.25) is 0 Å². The van der Waals surface area contributed by atoms with Gasteiger partial charge in [-0.25, -0.2) is 9.37 Å². The summed E-state index contributed by atoms with van der Waals surface area (Å²) in [6.07, 6.45) is 1.13. The molecule has 6 nitrogen and oxygen atoms in total. The number of amides is 1. The van der Waals surface area contributed by atoms with Gasteiger partial charge in [-0.1, -0.05) is 30.3 Å². The second kappa shape index (κ2) is 6.46. The number of carbonyl (C=O) groups excluding carboxylic acids is 1. The van der Waals surface area contributed by atoms with Crippen LogP contribution >= 0.6 is 0 Å². The lowest BCUT2D eigenvalue weighted by molar-refractivity contribution is -0.119. The highest BCUT2D eigenvalue weighted by Crippen LogP contribution is 2.11. The number of ether oxygens (including phenoxy) is 1. The maximum Gasteiger partial charge on any atom is 0.318 e. The zero-order valence-corrected chi connectivity index (χ0v) is 10.8. The third-order valence-electron chi connectivity index (χ3n) is 2.43. The lowest BCUT2D eigenvalue weighted by Crippen LogP contribution is -2.31. The van der Waals surface area contributed by atoms with E-state index >= 15 is 0 Å². The van der Waals surface area contributed by atoms with Crippen molar-refractivity contribution in [2.45, 2.75) is 6.42 Å². The van der Waals surface area contributed by atoms with Gasteiger partial charge in [0.15, 0.2) is 11.6 Å². The summed E-state index contributed by atoms with van der Waals surface area (Å²) in [5, 5.41) is 0. The van der Waals surface area contributed by atoms with Gasteiger partial charge in [0.25, 0.3) is 0 Å². The zero-order valence-electron chi connectivity index (χ0n) is 10.8. The lowest BCUT2D eigenvalue weighted by Gasteiger charge is -2.09. The number of anilines is 1. The smallest absolute Gasteiger partial charge is 0.318 e. The first kappa shape index (κ1) is 13.7. The van der Waals surface area contributed by atoms with Crippen molar-refractivity contribution in [3.05, 3.63) is 47.9 Å². The lowest BCUT2D eigenvalue weighted by atomic mass is 10.1. The van der Waals surface area contributed by atoms with Crippen LogP contribution < -0.4 is 15.6 Å². The molecule has 0 fully saturated rings. The number of methoxy groups -OCH3 is 1. The summed E-state index contributed by atoms with van der Waals surface area (Å²) in [5.41, 5.74) is 5.62. The van der Waals surface area contributed by atoms with Crippen molar-refractivity contribution in [2.75, 3.05) is 12.5 Å². The molecule has 2 aromatic rings. The van der Waals surface area contributed by atoms with E-state index in [2.05, 4.69) is 20.8 Å². The van der Waals surface area contributed by atoms with E-state index in [4.69, 9.17) is 4.74 Å². The Balaban J connectivity index is 1.93. The number of carbonyl (C=O) groups is 1. The van der Waals surface area contributed by atoms with E-state index in [1.807, 2.05) is 30.3 Å². The Morgan fingerprint density at radius 3 is 2.80 bits per heavy atom. The Kier molecular flexibility index (Phi) is 4.43. The van der Waals surface area contributed by atoms with Crippen molar-refractivity contribution < 1.29 is 13.9 Å². The second-order valence-electron chi connectivity index (χ2n) is 3.89. The van der Waals surface area contributed by atoms with Crippen molar-refractivity contribution in [1.82, 2.24) is 15.4 Å². The highest BCUT2D eigenvalue weighted by molar-refractivity contribution is 5.79. The van der Waals surface area contributed by atoms with Gasteiger partial charge in [0.1, 0.15) is 0 Å². The molecule has 0 aliphatic carbocycles. The van der Waals surface area contributed by atoms with Crippen molar-refractivity contribution >= 4 is 11.7 Å². The minimum absolute atomic E-state index is 0.00575. The van der Waals surface area contributed by atoms with Crippen molar-refractivity contribution in [2.24, 2.45) is 0 Å². The Morgan fingerprint density at radius 2 is 2.10 bits per heavy atom. The maximum atomic E-state index is 13.4.